The summed E-state index contributed by atoms with van der Waals surface area (Å²) >= 11 is 0. The zero-order valence-corrected chi connectivity index (χ0v) is 15.5. The maximum Gasteiger partial charge on any atom is 0.138 e. The van der Waals surface area contributed by atoms with Crippen molar-refractivity contribution in [2.45, 2.75) is 19.4 Å². The molecule has 0 saturated heterocycles. The van der Waals surface area contributed by atoms with Crippen molar-refractivity contribution in [2.24, 2.45) is 7.05 Å². The number of aryl methyl sites for hydroxylation is 1. The van der Waals surface area contributed by atoms with Crippen LogP contribution in [0.3, 0.4) is 0 Å². The Labute approximate surface area is 157 Å². The van der Waals surface area contributed by atoms with E-state index in [1.165, 1.54) is 0 Å². The fourth-order valence-electron chi connectivity index (χ4n) is 2.99. The number of benzene rings is 1. The maximum atomic E-state index is 10.0. The first kappa shape index (κ1) is 17.1. The Hall–Kier alpha value is -3.36. The normalized spacial score (nSPS) is 11.4. The van der Waals surface area contributed by atoms with Gasteiger partial charge >= 0.3 is 0 Å². The number of H-pyrrole nitrogens is 1. The highest BCUT2D eigenvalue weighted by Gasteiger charge is 2.12. The first-order chi connectivity index (χ1) is 12.9. The number of nitrogens with zero attached hydrogens (tertiary/aromatic N) is 3. The Morgan fingerprint density at radius 1 is 1.04 bits per heavy atom. The Balaban J connectivity index is 1.82. The summed E-state index contributed by atoms with van der Waals surface area (Å²) < 4.78 is 1.79. The van der Waals surface area contributed by atoms with Crippen molar-refractivity contribution >= 4 is 11.0 Å². The summed E-state index contributed by atoms with van der Waals surface area (Å²) in [4.78, 5) is 7.63. The SMILES string of the molecule is Cn1cc(-c2ccc(-c3cnc4[nH]ccc4c3C#CC(C)(C)O)cc2)cn1. The first-order valence-electron chi connectivity index (χ1n) is 8.72. The molecule has 0 aliphatic carbocycles. The van der Waals surface area contributed by atoms with Gasteiger partial charge in [-0.1, -0.05) is 36.1 Å². The van der Waals surface area contributed by atoms with Gasteiger partial charge in [0.15, 0.2) is 0 Å². The zero-order chi connectivity index (χ0) is 19.0. The monoisotopic (exact) mass is 356 g/mol. The van der Waals surface area contributed by atoms with Crippen molar-refractivity contribution < 1.29 is 5.11 Å². The van der Waals surface area contributed by atoms with E-state index in [0.717, 1.165) is 38.9 Å². The average molecular weight is 356 g/mol. The van der Waals surface area contributed by atoms with Crippen molar-refractivity contribution in [1.29, 1.82) is 0 Å². The molecule has 1 aromatic carbocycles. The molecule has 27 heavy (non-hydrogen) atoms. The summed E-state index contributed by atoms with van der Waals surface area (Å²) in [6.07, 6.45) is 7.51. The number of pyridine rings is 1. The second kappa shape index (κ2) is 6.42. The van der Waals surface area contributed by atoms with Gasteiger partial charge in [0.05, 0.1) is 6.20 Å². The Kier molecular flexibility index (Phi) is 4.06. The number of hydrogen-bond acceptors (Lipinski definition) is 3. The second-order valence-corrected chi connectivity index (χ2v) is 7.08. The van der Waals surface area contributed by atoms with Crippen LogP contribution in [-0.2, 0) is 7.05 Å². The lowest BCUT2D eigenvalue weighted by atomic mass is 9.97. The van der Waals surface area contributed by atoms with Gasteiger partial charge in [-0.3, -0.25) is 4.68 Å². The third-order valence-corrected chi connectivity index (χ3v) is 4.31. The number of aromatic amines is 1. The predicted octanol–water partition coefficient (Wildman–Crippen LogP) is 3.75. The minimum Gasteiger partial charge on any atom is -0.378 e. The van der Waals surface area contributed by atoms with Crippen molar-refractivity contribution in [1.82, 2.24) is 19.7 Å². The molecule has 4 aromatic rings. The van der Waals surface area contributed by atoms with Gasteiger partial charge in [0.25, 0.3) is 0 Å². The summed E-state index contributed by atoms with van der Waals surface area (Å²) in [5, 5.41) is 15.2. The van der Waals surface area contributed by atoms with Gasteiger partial charge in [-0.2, -0.15) is 5.10 Å². The molecule has 134 valence electrons. The van der Waals surface area contributed by atoms with E-state index in [0.29, 0.717) is 0 Å². The summed E-state index contributed by atoms with van der Waals surface area (Å²) in [7, 11) is 1.91. The molecular weight excluding hydrogens is 336 g/mol. The van der Waals surface area contributed by atoms with Gasteiger partial charge in [0.1, 0.15) is 11.2 Å². The molecular formula is C22H20N4O. The van der Waals surface area contributed by atoms with Crippen LogP contribution in [0.4, 0.5) is 0 Å². The van der Waals surface area contributed by atoms with Crippen LogP contribution in [0.25, 0.3) is 33.3 Å². The molecule has 5 heteroatoms. The molecule has 0 aliphatic rings. The number of hydrogen-bond donors (Lipinski definition) is 2. The van der Waals surface area contributed by atoms with Crippen LogP contribution in [0.2, 0.25) is 0 Å². The van der Waals surface area contributed by atoms with E-state index in [9.17, 15) is 5.11 Å². The van der Waals surface area contributed by atoms with Crippen LogP contribution in [-0.4, -0.2) is 30.5 Å². The quantitative estimate of drug-likeness (QED) is 0.538. The van der Waals surface area contributed by atoms with Crippen molar-refractivity contribution in [2.75, 3.05) is 0 Å². The van der Waals surface area contributed by atoms with Crippen molar-refractivity contribution in [3.63, 3.8) is 0 Å². The lowest BCUT2D eigenvalue weighted by Crippen LogP contribution is -2.14. The van der Waals surface area contributed by atoms with Gasteiger partial charge in [-0.05, 0) is 31.0 Å². The van der Waals surface area contributed by atoms with Crippen molar-refractivity contribution in [3.05, 3.63) is 60.7 Å². The van der Waals surface area contributed by atoms with Crippen LogP contribution in [0.5, 0.6) is 0 Å². The molecule has 3 aromatic heterocycles. The summed E-state index contributed by atoms with van der Waals surface area (Å²) in [6.45, 7) is 3.36. The average Bonchev–Trinajstić information content (AvgIpc) is 3.28. The summed E-state index contributed by atoms with van der Waals surface area (Å²) in [5.41, 5.74) is 4.72. The molecule has 0 radical (unpaired) electrons. The standard InChI is InChI=1S/C22H20N4O/c1-22(2,27)10-8-18-19-9-11-23-21(19)24-13-20(18)16-6-4-15(5-7-16)17-12-25-26(3)14-17/h4-7,9,11-14,27H,1-3H3,(H,23,24). The van der Waals surface area contributed by atoms with Gasteiger partial charge in [-0.25, -0.2) is 4.98 Å². The van der Waals surface area contributed by atoms with E-state index < -0.39 is 5.60 Å². The van der Waals surface area contributed by atoms with Crippen LogP contribution < -0.4 is 0 Å². The molecule has 3 heterocycles. The topological polar surface area (TPSA) is 66.7 Å². The highest BCUT2D eigenvalue weighted by Crippen LogP contribution is 2.30. The number of aromatic nitrogens is 4. The predicted molar refractivity (Wildman–Crippen MR) is 107 cm³/mol. The van der Waals surface area contributed by atoms with Gasteiger partial charge in [-0.15, -0.1) is 0 Å². The number of aliphatic hydroxyl groups is 1. The van der Waals surface area contributed by atoms with E-state index in [4.69, 9.17) is 0 Å². The molecule has 0 saturated carbocycles. The van der Waals surface area contributed by atoms with Crippen LogP contribution in [0.15, 0.2) is 55.1 Å². The molecule has 0 bridgehead atoms. The summed E-state index contributed by atoms with van der Waals surface area (Å²) in [5.74, 6) is 6.08. The van der Waals surface area contributed by atoms with Gasteiger partial charge in [0, 0.05) is 47.7 Å². The number of nitrogens with one attached hydrogen (secondary N) is 1. The molecule has 0 atom stereocenters. The molecule has 0 unspecified atom stereocenters. The van der Waals surface area contributed by atoms with E-state index in [1.54, 1.807) is 18.5 Å². The van der Waals surface area contributed by atoms with E-state index in [-0.39, 0.29) is 0 Å². The second-order valence-electron chi connectivity index (χ2n) is 7.08. The van der Waals surface area contributed by atoms with Gasteiger partial charge in [0.2, 0.25) is 0 Å². The van der Waals surface area contributed by atoms with Gasteiger partial charge < -0.3 is 10.1 Å². The Morgan fingerprint density at radius 3 is 2.44 bits per heavy atom. The van der Waals surface area contributed by atoms with Crippen molar-refractivity contribution in [3.8, 4) is 34.1 Å². The highest BCUT2D eigenvalue weighted by molar-refractivity contribution is 5.90. The number of rotatable bonds is 2. The molecule has 2 N–H and O–H groups in total. The van der Waals surface area contributed by atoms with Crippen LogP contribution in [0.1, 0.15) is 19.4 Å². The lowest BCUT2D eigenvalue weighted by molar-refractivity contribution is 0.143. The van der Waals surface area contributed by atoms with E-state index in [2.05, 4.69) is 51.2 Å². The van der Waals surface area contributed by atoms with Crippen LogP contribution in [0, 0.1) is 11.8 Å². The molecule has 0 spiro atoms. The lowest BCUT2D eigenvalue weighted by Gasteiger charge is -2.09. The zero-order valence-electron chi connectivity index (χ0n) is 15.5. The molecule has 0 aliphatic heterocycles. The smallest absolute Gasteiger partial charge is 0.138 e. The Bertz CT molecular complexity index is 1160. The Morgan fingerprint density at radius 2 is 1.78 bits per heavy atom. The largest absolute Gasteiger partial charge is 0.378 e. The third kappa shape index (κ3) is 3.48. The summed E-state index contributed by atoms with van der Waals surface area (Å²) in [6, 6.07) is 10.2. The first-order valence-corrected chi connectivity index (χ1v) is 8.72. The fraction of sp³-hybridized carbons (Fsp3) is 0.182. The highest BCUT2D eigenvalue weighted by atomic mass is 16.3. The fourth-order valence-corrected chi connectivity index (χ4v) is 2.99. The molecule has 5 nitrogen and oxygen atoms in total. The third-order valence-electron chi connectivity index (χ3n) is 4.31. The minimum atomic E-state index is -1.06. The minimum absolute atomic E-state index is 0.783. The van der Waals surface area contributed by atoms with Crippen LogP contribution >= 0.6 is 0 Å². The molecule has 0 amide bonds. The molecule has 0 fully saturated rings. The number of fused-ring (bicyclic) bond motifs is 1. The van der Waals surface area contributed by atoms with E-state index >= 15 is 0 Å². The maximum absolute atomic E-state index is 10.0. The molecule has 4 rings (SSSR count). The van der Waals surface area contributed by atoms with E-state index in [1.807, 2.05) is 37.9 Å².